The molecule has 4 rings (SSSR count). The molecule has 1 N–H and O–H groups in total. The summed E-state index contributed by atoms with van der Waals surface area (Å²) in [7, 11) is 0. The van der Waals surface area contributed by atoms with Crippen molar-refractivity contribution >= 4 is 5.91 Å². The van der Waals surface area contributed by atoms with Crippen molar-refractivity contribution in [2.75, 3.05) is 13.1 Å². The maximum Gasteiger partial charge on any atom is 0.223 e. The minimum absolute atomic E-state index is 0.0950. The van der Waals surface area contributed by atoms with Crippen molar-refractivity contribution in [2.24, 2.45) is 11.8 Å². The summed E-state index contributed by atoms with van der Waals surface area (Å²) in [4.78, 5) is 19.0. The van der Waals surface area contributed by atoms with Crippen molar-refractivity contribution in [3.63, 3.8) is 0 Å². The van der Waals surface area contributed by atoms with Crippen molar-refractivity contribution in [1.82, 2.24) is 15.2 Å². The molecule has 1 atom stereocenters. The molecule has 1 aliphatic heterocycles. The summed E-state index contributed by atoms with van der Waals surface area (Å²) >= 11 is 0. The predicted molar refractivity (Wildman–Crippen MR) is 102 cm³/mol. The maximum absolute atomic E-state index is 14.0. The zero-order valence-corrected chi connectivity index (χ0v) is 15.8. The van der Waals surface area contributed by atoms with Gasteiger partial charge in [0.05, 0.1) is 11.7 Å². The molecule has 6 heteroatoms. The Kier molecular flexibility index (Phi) is 5.67. The number of amides is 1. The Balaban J connectivity index is 1.41. The number of nitrogens with zero attached hydrogens (tertiary/aromatic N) is 2. The predicted octanol–water partition coefficient (Wildman–Crippen LogP) is 3.84. The molecular formula is C22H25F2N3O. The molecule has 1 saturated carbocycles. The molecule has 0 radical (unpaired) electrons. The Hall–Kier alpha value is -2.34. The van der Waals surface area contributed by atoms with Gasteiger partial charge in [0, 0.05) is 24.2 Å². The van der Waals surface area contributed by atoms with Crippen LogP contribution in [0.4, 0.5) is 8.78 Å². The second-order valence-electron chi connectivity index (χ2n) is 7.84. The van der Waals surface area contributed by atoms with Gasteiger partial charge < -0.3 is 5.32 Å². The minimum atomic E-state index is -0.801. The van der Waals surface area contributed by atoms with E-state index >= 15 is 0 Å². The van der Waals surface area contributed by atoms with Crippen LogP contribution >= 0.6 is 0 Å². The van der Waals surface area contributed by atoms with Gasteiger partial charge in [-0.3, -0.25) is 14.7 Å². The molecular weight excluding hydrogens is 360 g/mol. The van der Waals surface area contributed by atoms with Gasteiger partial charge in [-0.2, -0.15) is 0 Å². The van der Waals surface area contributed by atoms with Crippen LogP contribution in [0.5, 0.6) is 0 Å². The molecule has 2 aromatic rings. The molecule has 2 heterocycles. The van der Waals surface area contributed by atoms with Gasteiger partial charge in [0.15, 0.2) is 11.6 Å². The first-order valence-electron chi connectivity index (χ1n) is 9.98. The molecule has 2 fully saturated rings. The van der Waals surface area contributed by atoms with Gasteiger partial charge in [-0.25, -0.2) is 8.78 Å². The van der Waals surface area contributed by atoms with Gasteiger partial charge >= 0.3 is 0 Å². The summed E-state index contributed by atoms with van der Waals surface area (Å²) < 4.78 is 27.4. The first-order chi connectivity index (χ1) is 13.6. The number of pyridine rings is 1. The Bertz CT molecular complexity index is 818. The van der Waals surface area contributed by atoms with Gasteiger partial charge in [-0.15, -0.1) is 0 Å². The molecule has 1 aromatic carbocycles. The van der Waals surface area contributed by atoms with Crippen LogP contribution in [0.3, 0.4) is 0 Å². The first kappa shape index (κ1) is 19.0. The maximum atomic E-state index is 14.0. The number of carbonyl (C=O) groups is 1. The number of rotatable bonds is 6. The lowest BCUT2D eigenvalue weighted by atomic mass is 9.87. The van der Waals surface area contributed by atoms with E-state index in [9.17, 15) is 13.6 Å². The fourth-order valence-electron chi connectivity index (χ4n) is 3.97. The summed E-state index contributed by atoms with van der Waals surface area (Å²) in [5, 5.41) is 3.22. The van der Waals surface area contributed by atoms with E-state index in [2.05, 4.69) is 15.2 Å². The van der Waals surface area contributed by atoms with E-state index < -0.39 is 11.6 Å². The number of likely N-dealkylation sites (tertiary alicyclic amines) is 1. The molecule has 1 amide bonds. The highest BCUT2D eigenvalue weighted by molar-refractivity contribution is 5.81. The molecule has 4 nitrogen and oxygen atoms in total. The highest BCUT2D eigenvalue weighted by atomic mass is 19.2. The highest BCUT2D eigenvalue weighted by Crippen LogP contribution is 2.34. The number of hydrogen-bond donors (Lipinski definition) is 1. The molecule has 1 aromatic heterocycles. The number of aromatic nitrogens is 1. The standard InChI is InChI=1S/C22H25F2N3O/c23-18-5-3-4-17(20(18)24)14-27-12-9-15(10-13-27)21(19-6-1-2-11-25-19)26-22(28)16-7-8-16/h1-6,11,15-16,21H,7-10,12-14H2,(H,26,28)/t21-/m0/s1. The van der Waals surface area contributed by atoms with E-state index in [1.54, 1.807) is 18.3 Å². The lowest BCUT2D eigenvalue weighted by Gasteiger charge is -2.36. The topological polar surface area (TPSA) is 45.2 Å². The van der Waals surface area contributed by atoms with Crippen LogP contribution < -0.4 is 5.32 Å². The van der Waals surface area contributed by atoms with Crippen LogP contribution in [0.2, 0.25) is 0 Å². The number of carbonyl (C=O) groups excluding carboxylic acids is 1. The van der Waals surface area contributed by atoms with Crippen molar-refractivity contribution in [1.29, 1.82) is 0 Å². The van der Waals surface area contributed by atoms with E-state index in [1.807, 2.05) is 18.2 Å². The van der Waals surface area contributed by atoms with Gasteiger partial charge in [0.25, 0.3) is 0 Å². The lowest BCUT2D eigenvalue weighted by Crippen LogP contribution is -2.41. The van der Waals surface area contributed by atoms with Crippen LogP contribution in [0.1, 0.15) is 43.0 Å². The molecule has 0 spiro atoms. The second-order valence-corrected chi connectivity index (χ2v) is 7.84. The van der Waals surface area contributed by atoms with Gasteiger partial charge in [0.2, 0.25) is 5.91 Å². The Morgan fingerprint density at radius 1 is 1.11 bits per heavy atom. The van der Waals surface area contributed by atoms with E-state index in [4.69, 9.17) is 0 Å². The SMILES string of the molecule is O=C(N[C@H](c1ccccn1)C1CCN(Cc2cccc(F)c2F)CC1)C1CC1. The summed E-state index contributed by atoms with van der Waals surface area (Å²) in [5.74, 6) is -0.994. The fraction of sp³-hybridized carbons (Fsp3) is 0.455. The average molecular weight is 385 g/mol. The molecule has 148 valence electrons. The van der Waals surface area contributed by atoms with E-state index in [-0.39, 0.29) is 23.8 Å². The van der Waals surface area contributed by atoms with Crippen molar-refractivity contribution in [3.8, 4) is 0 Å². The van der Waals surface area contributed by atoms with Crippen LogP contribution in [0.25, 0.3) is 0 Å². The Morgan fingerprint density at radius 3 is 2.57 bits per heavy atom. The van der Waals surface area contributed by atoms with Gasteiger partial charge in [0.1, 0.15) is 0 Å². The molecule has 0 unspecified atom stereocenters. The third-order valence-corrected chi connectivity index (χ3v) is 5.78. The van der Waals surface area contributed by atoms with Gasteiger partial charge in [-0.1, -0.05) is 18.2 Å². The summed E-state index contributed by atoms with van der Waals surface area (Å²) in [5.41, 5.74) is 1.29. The molecule has 1 saturated heterocycles. The smallest absolute Gasteiger partial charge is 0.223 e. The van der Waals surface area contributed by atoms with Crippen LogP contribution in [0.15, 0.2) is 42.6 Å². The number of halogens is 2. The molecule has 2 aliphatic rings. The van der Waals surface area contributed by atoms with Crippen molar-refractivity contribution in [3.05, 3.63) is 65.5 Å². The highest BCUT2D eigenvalue weighted by Gasteiger charge is 2.35. The zero-order chi connectivity index (χ0) is 19.5. The molecule has 1 aliphatic carbocycles. The fourth-order valence-corrected chi connectivity index (χ4v) is 3.97. The summed E-state index contributed by atoms with van der Waals surface area (Å²) in [6.07, 6.45) is 5.45. The normalized spacial score (nSPS) is 19.4. The Labute approximate surface area is 164 Å². The molecule has 28 heavy (non-hydrogen) atoms. The number of nitrogens with one attached hydrogen (secondary N) is 1. The monoisotopic (exact) mass is 385 g/mol. The second kappa shape index (κ2) is 8.35. The third kappa shape index (κ3) is 4.38. The average Bonchev–Trinajstić information content (AvgIpc) is 3.56. The number of hydrogen-bond acceptors (Lipinski definition) is 3. The van der Waals surface area contributed by atoms with E-state index in [1.165, 1.54) is 0 Å². The molecule has 0 bridgehead atoms. The van der Waals surface area contributed by atoms with Crippen LogP contribution in [-0.4, -0.2) is 28.9 Å². The zero-order valence-electron chi connectivity index (χ0n) is 15.8. The quantitative estimate of drug-likeness (QED) is 0.822. The van der Waals surface area contributed by atoms with Crippen molar-refractivity contribution < 1.29 is 13.6 Å². The largest absolute Gasteiger partial charge is 0.347 e. The van der Waals surface area contributed by atoms with Gasteiger partial charge in [-0.05, 0) is 62.9 Å². The summed E-state index contributed by atoms with van der Waals surface area (Å²) in [6, 6.07) is 10.0. The van der Waals surface area contributed by atoms with E-state index in [0.29, 0.717) is 12.1 Å². The number of benzene rings is 1. The first-order valence-corrected chi connectivity index (χ1v) is 9.98. The Morgan fingerprint density at radius 2 is 1.89 bits per heavy atom. The van der Waals surface area contributed by atoms with Crippen molar-refractivity contribution in [2.45, 2.75) is 38.3 Å². The van der Waals surface area contributed by atoms with Crippen LogP contribution in [-0.2, 0) is 11.3 Å². The lowest BCUT2D eigenvalue weighted by molar-refractivity contribution is -0.123. The minimum Gasteiger partial charge on any atom is -0.347 e. The van der Waals surface area contributed by atoms with E-state index in [0.717, 1.165) is 50.5 Å². The van der Waals surface area contributed by atoms with Crippen LogP contribution in [0, 0.1) is 23.5 Å². The third-order valence-electron chi connectivity index (χ3n) is 5.78. The summed E-state index contributed by atoms with van der Waals surface area (Å²) in [6.45, 7) is 1.96. The number of piperidine rings is 1.